The smallest absolute Gasteiger partial charge is 0.00962 e. The molecule has 0 aromatic rings. The van der Waals surface area contributed by atoms with Crippen LogP contribution in [0.5, 0.6) is 0 Å². The Morgan fingerprint density at radius 3 is 2.93 bits per heavy atom. The minimum Gasteiger partial charge on any atom is -0.317 e. The fourth-order valence-electron chi connectivity index (χ4n) is 2.44. The van der Waals surface area contributed by atoms with E-state index in [2.05, 4.69) is 24.1 Å². The van der Waals surface area contributed by atoms with E-state index in [1.54, 1.807) is 0 Å². The molecule has 1 saturated heterocycles. The van der Waals surface area contributed by atoms with Gasteiger partial charge in [0.2, 0.25) is 0 Å². The highest BCUT2D eigenvalue weighted by atomic mass is 15.2. The van der Waals surface area contributed by atoms with Gasteiger partial charge in [-0.3, -0.25) is 0 Å². The van der Waals surface area contributed by atoms with Crippen LogP contribution < -0.4 is 5.32 Å². The van der Waals surface area contributed by atoms with Gasteiger partial charge in [-0.25, -0.2) is 0 Å². The Labute approximate surface area is 89.1 Å². The van der Waals surface area contributed by atoms with Crippen LogP contribution in [0.3, 0.4) is 0 Å². The molecule has 1 atom stereocenters. The largest absolute Gasteiger partial charge is 0.317 e. The van der Waals surface area contributed by atoms with Gasteiger partial charge in [0.05, 0.1) is 0 Å². The van der Waals surface area contributed by atoms with E-state index in [0.29, 0.717) is 0 Å². The Morgan fingerprint density at radius 1 is 1.36 bits per heavy atom. The Hall–Kier alpha value is -0.0800. The molecule has 2 heteroatoms. The van der Waals surface area contributed by atoms with Crippen LogP contribution in [0, 0.1) is 0 Å². The third-order valence-electron chi connectivity index (χ3n) is 3.15. The van der Waals surface area contributed by atoms with Crippen molar-refractivity contribution in [1.82, 2.24) is 10.2 Å². The minimum atomic E-state index is 0.897. The molecule has 84 valence electrons. The van der Waals surface area contributed by atoms with Gasteiger partial charge in [-0.2, -0.15) is 0 Å². The molecule has 0 saturated carbocycles. The standard InChI is InChI=1S/C12H26N2/c1-3-10-14-11-6-8-12(14)7-5-9-13-4-2/h12-13H,3-11H2,1-2H3. The average Bonchev–Trinajstić information content (AvgIpc) is 2.61. The van der Waals surface area contributed by atoms with Gasteiger partial charge in [0.1, 0.15) is 0 Å². The second-order valence-electron chi connectivity index (χ2n) is 4.33. The van der Waals surface area contributed by atoms with Crippen molar-refractivity contribution in [3.8, 4) is 0 Å². The number of hydrogen-bond donors (Lipinski definition) is 1. The second kappa shape index (κ2) is 7.24. The summed E-state index contributed by atoms with van der Waals surface area (Å²) in [4.78, 5) is 2.69. The van der Waals surface area contributed by atoms with Gasteiger partial charge in [-0.15, -0.1) is 0 Å². The van der Waals surface area contributed by atoms with Crippen molar-refractivity contribution in [3.63, 3.8) is 0 Å². The number of rotatable bonds is 7. The summed E-state index contributed by atoms with van der Waals surface area (Å²) in [6, 6.07) is 0.897. The van der Waals surface area contributed by atoms with Gasteiger partial charge in [-0.1, -0.05) is 13.8 Å². The highest BCUT2D eigenvalue weighted by Gasteiger charge is 2.22. The molecular formula is C12H26N2. The summed E-state index contributed by atoms with van der Waals surface area (Å²) in [7, 11) is 0. The minimum absolute atomic E-state index is 0.897. The maximum absolute atomic E-state index is 3.40. The summed E-state index contributed by atoms with van der Waals surface area (Å²) >= 11 is 0. The van der Waals surface area contributed by atoms with E-state index < -0.39 is 0 Å². The molecule has 1 fully saturated rings. The van der Waals surface area contributed by atoms with Crippen molar-refractivity contribution in [1.29, 1.82) is 0 Å². The summed E-state index contributed by atoms with van der Waals surface area (Å²) in [5, 5.41) is 3.40. The van der Waals surface area contributed by atoms with Crippen LogP contribution in [-0.2, 0) is 0 Å². The molecule has 1 aliphatic heterocycles. The lowest BCUT2D eigenvalue weighted by Crippen LogP contribution is -2.30. The van der Waals surface area contributed by atoms with Crippen molar-refractivity contribution in [2.45, 2.75) is 52.0 Å². The molecule has 1 unspecified atom stereocenters. The van der Waals surface area contributed by atoms with Gasteiger partial charge < -0.3 is 10.2 Å². The number of hydrogen-bond acceptors (Lipinski definition) is 2. The Morgan fingerprint density at radius 2 is 2.21 bits per heavy atom. The Balaban J connectivity index is 2.09. The molecule has 2 nitrogen and oxygen atoms in total. The summed E-state index contributed by atoms with van der Waals surface area (Å²) < 4.78 is 0. The molecule has 14 heavy (non-hydrogen) atoms. The molecule has 1 N–H and O–H groups in total. The monoisotopic (exact) mass is 198 g/mol. The first-order chi connectivity index (χ1) is 6.88. The second-order valence-corrected chi connectivity index (χ2v) is 4.33. The van der Waals surface area contributed by atoms with Crippen LogP contribution in [-0.4, -0.2) is 37.1 Å². The maximum Gasteiger partial charge on any atom is 0.00962 e. The van der Waals surface area contributed by atoms with E-state index in [1.165, 1.54) is 51.7 Å². The molecule has 0 aliphatic carbocycles. The van der Waals surface area contributed by atoms with Gasteiger partial charge in [0.25, 0.3) is 0 Å². The normalized spacial score (nSPS) is 23.1. The van der Waals surface area contributed by atoms with Crippen LogP contribution in [0.1, 0.15) is 46.0 Å². The zero-order chi connectivity index (χ0) is 10.2. The zero-order valence-corrected chi connectivity index (χ0v) is 9.89. The van der Waals surface area contributed by atoms with Crippen LogP contribution in [0.2, 0.25) is 0 Å². The van der Waals surface area contributed by atoms with Crippen LogP contribution in [0.15, 0.2) is 0 Å². The van der Waals surface area contributed by atoms with Crippen LogP contribution >= 0.6 is 0 Å². The van der Waals surface area contributed by atoms with Gasteiger partial charge in [-0.05, 0) is 58.3 Å². The molecule has 0 aromatic carbocycles. The molecule has 0 amide bonds. The Kier molecular flexibility index (Phi) is 6.20. The highest BCUT2D eigenvalue weighted by molar-refractivity contribution is 4.78. The topological polar surface area (TPSA) is 15.3 Å². The SMILES string of the molecule is CCCN1CCCC1CCCNCC. The number of likely N-dealkylation sites (tertiary alicyclic amines) is 1. The third-order valence-corrected chi connectivity index (χ3v) is 3.15. The maximum atomic E-state index is 3.40. The molecule has 1 aliphatic rings. The first-order valence-corrected chi connectivity index (χ1v) is 6.33. The van der Waals surface area contributed by atoms with E-state index in [1.807, 2.05) is 0 Å². The summed E-state index contributed by atoms with van der Waals surface area (Å²) in [5.74, 6) is 0. The van der Waals surface area contributed by atoms with Gasteiger partial charge >= 0.3 is 0 Å². The van der Waals surface area contributed by atoms with Crippen molar-refractivity contribution in [2.75, 3.05) is 26.2 Å². The van der Waals surface area contributed by atoms with Gasteiger partial charge in [0.15, 0.2) is 0 Å². The summed E-state index contributed by atoms with van der Waals surface area (Å²) in [6.45, 7) is 9.44. The lowest BCUT2D eigenvalue weighted by atomic mass is 10.1. The lowest BCUT2D eigenvalue weighted by Gasteiger charge is -2.23. The highest BCUT2D eigenvalue weighted by Crippen LogP contribution is 2.20. The fourth-order valence-corrected chi connectivity index (χ4v) is 2.44. The number of nitrogens with one attached hydrogen (secondary N) is 1. The Bertz CT molecular complexity index is 136. The van der Waals surface area contributed by atoms with E-state index in [9.17, 15) is 0 Å². The molecule has 0 aromatic heterocycles. The fraction of sp³-hybridized carbons (Fsp3) is 1.00. The molecule has 0 spiro atoms. The van der Waals surface area contributed by atoms with Crippen molar-refractivity contribution >= 4 is 0 Å². The quantitative estimate of drug-likeness (QED) is 0.631. The first kappa shape index (κ1) is 12.0. The zero-order valence-electron chi connectivity index (χ0n) is 9.89. The van der Waals surface area contributed by atoms with Crippen molar-refractivity contribution in [2.24, 2.45) is 0 Å². The molecule has 0 bridgehead atoms. The third kappa shape index (κ3) is 3.97. The molecule has 1 rings (SSSR count). The number of nitrogens with zero attached hydrogens (tertiary/aromatic N) is 1. The van der Waals surface area contributed by atoms with Crippen LogP contribution in [0.4, 0.5) is 0 Å². The molecule has 1 heterocycles. The molecule has 0 radical (unpaired) electrons. The predicted molar refractivity (Wildman–Crippen MR) is 62.7 cm³/mol. The van der Waals surface area contributed by atoms with E-state index in [4.69, 9.17) is 0 Å². The van der Waals surface area contributed by atoms with E-state index in [-0.39, 0.29) is 0 Å². The lowest BCUT2D eigenvalue weighted by molar-refractivity contribution is 0.240. The first-order valence-electron chi connectivity index (χ1n) is 6.33. The van der Waals surface area contributed by atoms with Gasteiger partial charge in [0, 0.05) is 6.04 Å². The van der Waals surface area contributed by atoms with Crippen LogP contribution in [0.25, 0.3) is 0 Å². The van der Waals surface area contributed by atoms with Crippen molar-refractivity contribution < 1.29 is 0 Å². The summed E-state index contributed by atoms with van der Waals surface area (Å²) in [6.07, 6.45) is 6.91. The van der Waals surface area contributed by atoms with Crippen molar-refractivity contribution in [3.05, 3.63) is 0 Å². The van der Waals surface area contributed by atoms with E-state index >= 15 is 0 Å². The van der Waals surface area contributed by atoms with E-state index in [0.717, 1.165) is 12.6 Å². The predicted octanol–water partition coefficient (Wildman–Crippen LogP) is 2.25. The average molecular weight is 198 g/mol. The summed E-state index contributed by atoms with van der Waals surface area (Å²) in [5.41, 5.74) is 0. The molecular weight excluding hydrogens is 172 g/mol.